The number of hydrogen-bond acceptors (Lipinski definition) is 2. The van der Waals surface area contributed by atoms with E-state index in [1.165, 1.54) is 16.7 Å². The molecule has 0 spiro atoms. The zero-order valence-electron chi connectivity index (χ0n) is 10.9. The number of rotatable bonds is 4. The number of benzene rings is 1. The minimum absolute atomic E-state index is 0.239. The van der Waals surface area contributed by atoms with Gasteiger partial charge < -0.3 is 4.74 Å². The highest BCUT2D eigenvalue weighted by atomic mass is 16.5. The Hall–Kier alpha value is -1.15. The summed E-state index contributed by atoms with van der Waals surface area (Å²) in [5.74, 6) is 0.239. The van der Waals surface area contributed by atoms with Crippen LogP contribution in [-0.2, 0) is 16.0 Å². The third-order valence-electron chi connectivity index (χ3n) is 4.04. The first-order valence-electron chi connectivity index (χ1n) is 6.22. The predicted octanol–water partition coefficient (Wildman–Crippen LogP) is 2.98. The fourth-order valence-electron chi connectivity index (χ4n) is 2.54. The molecule has 2 nitrogen and oxygen atoms in total. The summed E-state index contributed by atoms with van der Waals surface area (Å²) in [5.41, 5.74) is 3.09. The van der Waals surface area contributed by atoms with Crippen molar-refractivity contribution in [2.75, 3.05) is 7.11 Å². The van der Waals surface area contributed by atoms with Gasteiger partial charge in [0.15, 0.2) is 5.78 Å². The van der Waals surface area contributed by atoms with Gasteiger partial charge in [0.25, 0.3) is 0 Å². The van der Waals surface area contributed by atoms with Crippen LogP contribution in [0.3, 0.4) is 0 Å². The van der Waals surface area contributed by atoms with Gasteiger partial charge in [0.05, 0.1) is 0 Å². The average Bonchev–Trinajstić information content (AvgIpc) is 2.23. The van der Waals surface area contributed by atoms with E-state index in [9.17, 15) is 4.79 Å². The number of aryl methyl sites for hydroxylation is 2. The first kappa shape index (κ1) is 12.3. The summed E-state index contributed by atoms with van der Waals surface area (Å²) in [6, 6.07) is 6.17. The third kappa shape index (κ3) is 2.14. The molecule has 1 saturated carbocycles. The first-order valence-corrected chi connectivity index (χ1v) is 6.22. The normalized spacial score (nSPS) is 17.6. The minimum atomic E-state index is -0.477. The monoisotopic (exact) mass is 232 g/mol. The summed E-state index contributed by atoms with van der Waals surface area (Å²) < 4.78 is 5.44. The fourth-order valence-corrected chi connectivity index (χ4v) is 2.54. The van der Waals surface area contributed by atoms with Crippen molar-refractivity contribution < 1.29 is 9.53 Å². The lowest BCUT2D eigenvalue weighted by molar-refractivity contribution is -0.151. The number of carbonyl (C=O) groups is 1. The van der Waals surface area contributed by atoms with E-state index in [1.54, 1.807) is 7.11 Å². The van der Waals surface area contributed by atoms with E-state index in [2.05, 4.69) is 26.0 Å². The maximum absolute atomic E-state index is 12.3. The van der Waals surface area contributed by atoms with Gasteiger partial charge in [-0.2, -0.15) is 0 Å². The zero-order chi connectivity index (χ0) is 12.5. The second kappa shape index (κ2) is 4.61. The Morgan fingerprint density at radius 1 is 1.29 bits per heavy atom. The van der Waals surface area contributed by atoms with Crippen LogP contribution in [0.15, 0.2) is 18.2 Å². The van der Waals surface area contributed by atoms with Gasteiger partial charge in [0, 0.05) is 13.5 Å². The van der Waals surface area contributed by atoms with Gasteiger partial charge in [0.1, 0.15) is 5.60 Å². The third-order valence-corrected chi connectivity index (χ3v) is 4.04. The average molecular weight is 232 g/mol. The van der Waals surface area contributed by atoms with Crippen molar-refractivity contribution in [3.63, 3.8) is 0 Å². The van der Waals surface area contributed by atoms with E-state index in [0.29, 0.717) is 6.42 Å². The molecule has 0 heterocycles. The Morgan fingerprint density at radius 3 is 2.29 bits per heavy atom. The predicted molar refractivity (Wildman–Crippen MR) is 68.2 cm³/mol. The van der Waals surface area contributed by atoms with Gasteiger partial charge >= 0.3 is 0 Å². The molecule has 0 amide bonds. The van der Waals surface area contributed by atoms with Crippen molar-refractivity contribution in [2.45, 2.75) is 45.1 Å². The van der Waals surface area contributed by atoms with Gasteiger partial charge in [0.2, 0.25) is 0 Å². The number of hydrogen-bond donors (Lipinski definition) is 0. The van der Waals surface area contributed by atoms with Crippen molar-refractivity contribution in [1.29, 1.82) is 0 Å². The van der Waals surface area contributed by atoms with E-state index < -0.39 is 5.60 Å². The van der Waals surface area contributed by atoms with Gasteiger partial charge in [-0.1, -0.05) is 18.2 Å². The summed E-state index contributed by atoms with van der Waals surface area (Å²) >= 11 is 0. The van der Waals surface area contributed by atoms with Gasteiger partial charge in [-0.3, -0.25) is 4.79 Å². The lowest BCUT2D eigenvalue weighted by atomic mass is 9.74. The molecule has 0 aliphatic heterocycles. The Balaban J connectivity index is 2.18. The quantitative estimate of drug-likeness (QED) is 0.797. The number of methoxy groups -OCH3 is 1. The molecule has 0 saturated heterocycles. The number of ether oxygens (including phenoxy) is 1. The van der Waals surface area contributed by atoms with E-state index in [-0.39, 0.29) is 5.78 Å². The van der Waals surface area contributed by atoms with Crippen LogP contribution in [0.2, 0.25) is 0 Å². The van der Waals surface area contributed by atoms with E-state index in [0.717, 1.165) is 19.3 Å². The first-order chi connectivity index (χ1) is 8.09. The van der Waals surface area contributed by atoms with Gasteiger partial charge in [-0.15, -0.1) is 0 Å². The van der Waals surface area contributed by atoms with Crippen molar-refractivity contribution in [3.8, 4) is 0 Å². The molecule has 0 bridgehead atoms. The SMILES string of the molecule is COC1(C(=O)Cc2c(C)cccc2C)CCC1. The molecule has 17 heavy (non-hydrogen) atoms. The second-order valence-electron chi connectivity index (χ2n) is 5.02. The molecular formula is C15H20O2. The molecule has 0 N–H and O–H groups in total. The smallest absolute Gasteiger partial charge is 0.168 e. The van der Waals surface area contributed by atoms with Crippen molar-refractivity contribution in [3.05, 3.63) is 34.9 Å². The highest BCUT2D eigenvalue weighted by Gasteiger charge is 2.43. The lowest BCUT2D eigenvalue weighted by Crippen LogP contribution is -2.47. The van der Waals surface area contributed by atoms with Crippen molar-refractivity contribution in [1.82, 2.24) is 0 Å². The van der Waals surface area contributed by atoms with Crippen LogP contribution in [0.4, 0.5) is 0 Å². The molecule has 0 radical (unpaired) electrons. The maximum atomic E-state index is 12.3. The molecule has 0 unspecified atom stereocenters. The summed E-state index contributed by atoms with van der Waals surface area (Å²) in [7, 11) is 1.65. The van der Waals surface area contributed by atoms with Crippen LogP contribution in [0, 0.1) is 13.8 Å². The molecule has 0 atom stereocenters. The number of carbonyl (C=O) groups excluding carboxylic acids is 1. The van der Waals surface area contributed by atoms with Gasteiger partial charge in [-0.05, 0) is 49.8 Å². The molecule has 0 aromatic heterocycles. The van der Waals surface area contributed by atoms with Crippen LogP contribution in [0.25, 0.3) is 0 Å². The standard InChI is InChI=1S/C15H20O2/c1-11-6-4-7-12(2)13(11)10-14(16)15(17-3)8-5-9-15/h4,6-7H,5,8-10H2,1-3H3. The fraction of sp³-hybridized carbons (Fsp3) is 0.533. The molecule has 1 aromatic rings. The molecule has 1 fully saturated rings. The Bertz CT molecular complexity index is 405. The summed E-state index contributed by atoms with van der Waals surface area (Å²) in [6.07, 6.45) is 3.37. The molecule has 2 rings (SSSR count). The summed E-state index contributed by atoms with van der Waals surface area (Å²) in [5, 5.41) is 0. The maximum Gasteiger partial charge on any atom is 0.168 e. The Kier molecular flexibility index (Phi) is 3.34. The van der Waals surface area contributed by atoms with Crippen molar-refractivity contribution in [2.24, 2.45) is 0 Å². The summed E-state index contributed by atoms with van der Waals surface area (Å²) in [6.45, 7) is 4.13. The Labute approximate surface area is 103 Å². The summed E-state index contributed by atoms with van der Waals surface area (Å²) in [4.78, 5) is 12.3. The topological polar surface area (TPSA) is 26.3 Å². The highest BCUT2D eigenvalue weighted by Crippen LogP contribution is 2.37. The van der Waals surface area contributed by atoms with E-state index in [4.69, 9.17) is 4.74 Å². The van der Waals surface area contributed by atoms with Crippen molar-refractivity contribution >= 4 is 5.78 Å². The number of ketones is 1. The number of Topliss-reactive ketones (excluding diaryl/α,β-unsaturated/α-hetero) is 1. The van der Waals surface area contributed by atoms with E-state index >= 15 is 0 Å². The van der Waals surface area contributed by atoms with Crippen LogP contribution >= 0.6 is 0 Å². The second-order valence-corrected chi connectivity index (χ2v) is 5.02. The van der Waals surface area contributed by atoms with Crippen LogP contribution < -0.4 is 0 Å². The van der Waals surface area contributed by atoms with Crippen LogP contribution in [-0.4, -0.2) is 18.5 Å². The molecular weight excluding hydrogens is 212 g/mol. The molecule has 1 aliphatic carbocycles. The minimum Gasteiger partial charge on any atom is -0.370 e. The highest BCUT2D eigenvalue weighted by molar-refractivity contribution is 5.90. The Morgan fingerprint density at radius 2 is 1.88 bits per heavy atom. The lowest BCUT2D eigenvalue weighted by Gasteiger charge is -2.39. The van der Waals surface area contributed by atoms with Crippen LogP contribution in [0.1, 0.15) is 36.0 Å². The zero-order valence-corrected chi connectivity index (χ0v) is 10.9. The van der Waals surface area contributed by atoms with Gasteiger partial charge in [-0.25, -0.2) is 0 Å². The molecule has 1 aromatic carbocycles. The van der Waals surface area contributed by atoms with Crippen LogP contribution in [0.5, 0.6) is 0 Å². The molecule has 1 aliphatic rings. The molecule has 92 valence electrons. The molecule has 2 heteroatoms. The largest absolute Gasteiger partial charge is 0.370 e. The van der Waals surface area contributed by atoms with E-state index in [1.807, 2.05) is 6.07 Å².